The Morgan fingerprint density at radius 2 is 1.92 bits per heavy atom. The van der Waals surface area contributed by atoms with Gasteiger partial charge in [0.05, 0.1) is 31.3 Å². The molecule has 2 atom stereocenters. The van der Waals surface area contributed by atoms with Crippen molar-refractivity contribution in [2.24, 2.45) is 11.7 Å². The molecule has 0 radical (unpaired) electrons. The monoisotopic (exact) mass is 339 g/mol. The molecular weight excluding hydrogens is 314 g/mol. The second-order valence-corrected chi connectivity index (χ2v) is 5.55. The number of carbonyl (C=O) groups is 1. The summed E-state index contributed by atoms with van der Waals surface area (Å²) < 4.78 is 10.2. The number of amides is 1. The van der Waals surface area contributed by atoms with E-state index >= 15 is 0 Å². The quantitative estimate of drug-likeness (QED) is 0.522. The van der Waals surface area contributed by atoms with Gasteiger partial charge in [0, 0.05) is 12.1 Å². The Morgan fingerprint density at radius 3 is 2.42 bits per heavy atom. The molecule has 0 spiro atoms. The molecule has 1 aromatic carbocycles. The van der Waals surface area contributed by atoms with Gasteiger partial charge in [-0.3, -0.25) is 14.9 Å². The molecule has 0 fully saturated rings. The van der Waals surface area contributed by atoms with Crippen LogP contribution >= 0.6 is 0 Å². The fourth-order valence-electron chi connectivity index (χ4n) is 2.23. The Morgan fingerprint density at radius 1 is 1.33 bits per heavy atom. The van der Waals surface area contributed by atoms with Crippen LogP contribution in [0.2, 0.25) is 0 Å². The minimum atomic E-state index is -0.588. The fraction of sp³-hybridized carbons (Fsp3) is 0.562. The number of nitrogens with one attached hydrogen (secondary N) is 1. The molecule has 3 N–H and O–H groups in total. The van der Waals surface area contributed by atoms with Gasteiger partial charge < -0.3 is 20.5 Å². The van der Waals surface area contributed by atoms with Crippen molar-refractivity contribution < 1.29 is 19.2 Å². The molecule has 8 nitrogen and oxygen atoms in total. The van der Waals surface area contributed by atoms with E-state index in [0.717, 1.165) is 6.42 Å². The minimum Gasteiger partial charge on any atom is -0.493 e. The number of nitro groups is 1. The molecule has 24 heavy (non-hydrogen) atoms. The molecule has 1 aromatic rings. The van der Waals surface area contributed by atoms with Crippen LogP contribution in [0, 0.1) is 16.0 Å². The van der Waals surface area contributed by atoms with Crippen molar-refractivity contribution in [3.05, 3.63) is 27.8 Å². The standard InChI is InChI=1S/C16H25N3O5/c1-5-10(2)15(17)16(20)18-7-6-11-8-13(23-3)14(24-4)9-12(11)19(21)22/h8-10,15H,5-7,17H2,1-4H3,(H,18,20). The van der Waals surface area contributed by atoms with Crippen LogP contribution in [0.1, 0.15) is 25.8 Å². The highest BCUT2D eigenvalue weighted by Crippen LogP contribution is 2.34. The topological polar surface area (TPSA) is 117 Å². The number of hydrogen-bond acceptors (Lipinski definition) is 6. The van der Waals surface area contributed by atoms with Gasteiger partial charge >= 0.3 is 0 Å². The van der Waals surface area contributed by atoms with E-state index in [2.05, 4.69) is 5.32 Å². The van der Waals surface area contributed by atoms with E-state index < -0.39 is 11.0 Å². The molecule has 134 valence electrons. The molecule has 0 bridgehead atoms. The second-order valence-electron chi connectivity index (χ2n) is 5.55. The lowest BCUT2D eigenvalue weighted by Gasteiger charge is -2.17. The first-order valence-electron chi connectivity index (χ1n) is 7.78. The summed E-state index contributed by atoms with van der Waals surface area (Å²) in [5.41, 5.74) is 6.23. The van der Waals surface area contributed by atoms with E-state index in [1.54, 1.807) is 6.07 Å². The van der Waals surface area contributed by atoms with Crippen LogP contribution < -0.4 is 20.5 Å². The summed E-state index contributed by atoms with van der Waals surface area (Å²) in [5, 5.41) is 13.9. The van der Waals surface area contributed by atoms with Crippen molar-refractivity contribution in [1.29, 1.82) is 0 Å². The highest BCUT2D eigenvalue weighted by molar-refractivity contribution is 5.81. The van der Waals surface area contributed by atoms with Gasteiger partial charge in [0.15, 0.2) is 11.5 Å². The highest BCUT2D eigenvalue weighted by atomic mass is 16.6. The Balaban J connectivity index is 2.83. The Kier molecular flexibility index (Phi) is 7.44. The van der Waals surface area contributed by atoms with Crippen LogP contribution in [-0.4, -0.2) is 37.6 Å². The zero-order valence-corrected chi connectivity index (χ0v) is 14.5. The van der Waals surface area contributed by atoms with Gasteiger partial charge in [-0.1, -0.05) is 20.3 Å². The predicted octanol–water partition coefficient (Wildman–Crippen LogP) is 1.64. The first-order valence-corrected chi connectivity index (χ1v) is 7.78. The predicted molar refractivity (Wildman–Crippen MR) is 90.3 cm³/mol. The highest BCUT2D eigenvalue weighted by Gasteiger charge is 2.21. The summed E-state index contributed by atoms with van der Waals surface area (Å²) in [6.07, 6.45) is 1.09. The van der Waals surface area contributed by atoms with Crippen LogP contribution in [0.3, 0.4) is 0 Å². The maximum Gasteiger partial charge on any atom is 0.276 e. The Hall–Kier alpha value is -2.35. The third-order valence-corrected chi connectivity index (χ3v) is 4.03. The van der Waals surface area contributed by atoms with Crippen molar-refractivity contribution in [3.63, 3.8) is 0 Å². The average Bonchev–Trinajstić information content (AvgIpc) is 2.59. The third-order valence-electron chi connectivity index (χ3n) is 4.03. The minimum absolute atomic E-state index is 0.0698. The smallest absolute Gasteiger partial charge is 0.276 e. The van der Waals surface area contributed by atoms with E-state index in [1.165, 1.54) is 20.3 Å². The van der Waals surface area contributed by atoms with E-state index in [9.17, 15) is 14.9 Å². The first-order chi connectivity index (χ1) is 11.3. The third kappa shape index (κ3) is 4.82. The summed E-state index contributed by atoms with van der Waals surface area (Å²) >= 11 is 0. The molecular formula is C16H25N3O5. The molecule has 0 saturated carbocycles. The largest absolute Gasteiger partial charge is 0.493 e. The van der Waals surface area contributed by atoms with Gasteiger partial charge in [-0.2, -0.15) is 0 Å². The normalized spacial score (nSPS) is 13.0. The number of hydrogen-bond donors (Lipinski definition) is 2. The molecule has 1 amide bonds. The zero-order valence-electron chi connectivity index (χ0n) is 14.5. The molecule has 0 aliphatic heterocycles. The zero-order chi connectivity index (χ0) is 18.3. The van der Waals surface area contributed by atoms with Crippen molar-refractivity contribution in [3.8, 4) is 11.5 Å². The Bertz CT molecular complexity index is 591. The molecule has 0 heterocycles. The number of nitrogens with zero attached hydrogens (tertiary/aromatic N) is 1. The number of rotatable bonds is 9. The molecule has 2 unspecified atom stereocenters. The number of benzene rings is 1. The van der Waals surface area contributed by atoms with Gasteiger partial charge in [0.2, 0.25) is 5.91 Å². The average molecular weight is 339 g/mol. The maximum atomic E-state index is 12.0. The van der Waals surface area contributed by atoms with Crippen LogP contribution in [-0.2, 0) is 11.2 Å². The van der Waals surface area contributed by atoms with Crippen molar-refractivity contribution >= 4 is 11.6 Å². The number of nitro benzene ring substituents is 1. The summed E-state index contributed by atoms with van der Waals surface area (Å²) in [5.74, 6) is 0.504. The molecule has 0 aliphatic carbocycles. The molecule has 1 rings (SSSR count). The number of ether oxygens (including phenoxy) is 2. The van der Waals surface area contributed by atoms with E-state index in [4.69, 9.17) is 15.2 Å². The lowest BCUT2D eigenvalue weighted by molar-refractivity contribution is -0.385. The van der Waals surface area contributed by atoms with Crippen LogP contribution in [0.15, 0.2) is 12.1 Å². The van der Waals surface area contributed by atoms with Crippen LogP contribution in [0.4, 0.5) is 5.69 Å². The number of nitrogens with two attached hydrogens (primary N) is 1. The lowest BCUT2D eigenvalue weighted by atomic mass is 9.99. The summed E-state index contributed by atoms with van der Waals surface area (Å²) in [6, 6.07) is 2.29. The van der Waals surface area contributed by atoms with Crippen molar-refractivity contribution in [2.75, 3.05) is 20.8 Å². The Labute approximate surface area is 141 Å². The maximum absolute atomic E-state index is 12.0. The van der Waals surface area contributed by atoms with Crippen molar-refractivity contribution in [1.82, 2.24) is 5.32 Å². The van der Waals surface area contributed by atoms with Gasteiger partial charge in [-0.15, -0.1) is 0 Å². The van der Waals surface area contributed by atoms with Gasteiger partial charge in [0.25, 0.3) is 5.69 Å². The van der Waals surface area contributed by atoms with Gasteiger partial charge in [-0.25, -0.2) is 0 Å². The summed E-state index contributed by atoms with van der Waals surface area (Å²) in [4.78, 5) is 22.7. The fourth-order valence-corrected chi connectivity index (χ4v) is 2.23. The summed E-state index contributed by atoms with van der Waals surface area (Å²) in [6.45, 7) is 4.12. The SMILES string of the molecule is CCC(C)C(N)C(=O)NCCc1cc(OC)c(OC)cc1[N+](=O)[O-]. The molecule has 8 heteroatoms. The van der Waals surface area contributed by atoms with Crippen LogP contribution in [0.5, 0.6) is 11.5 Å². The number of methoxy groups -OCH3 is 2. The van der Waals surface area contributed by atoms with E-state index in [-0.39, 0.29) is 36.2 Å². The van der Waals surface area contributed by atoms with Crippen molar-refractivity contribution in [2.45, 2.75) is 32.7 Å². The number of carbonyl (C=O) groups excluding carboxylic acids is 1. The first kappa shape index (κ1) is 19.7. The molecule has 0 aromatic heterocycles. The van der Waals surface area contributed by atoms with Gasteiger partial charge in [0.1, 0.15) is 0 Å². The van der Waals surface area contributed by atoms with Gasteiger partial charge in [-0.05, 0) is 18.4 Å². The van der Waals surface area contributed by atoms with E-state index in [1.807, 2.05) is 13.8 Å². The van der Waals surface area contributed by atoms with E-state index in [0.29, 0.717) is 11.3 Å². The summed E-state index contributed by atoms with van der Waals surface area (Å²) in [7, 11) is 2.87. The molecule has 0 aliphatic rings. The second kappa shape index (κ2) is 9.07. The van der Waals surface area contributed by atoms with Crippen LogP contribution in [0.25, 0.3) is 0 Å². The molecule has 0 saturated heterocycles. The lowest BCUT2D eigenvalue weighted by Crippen LogP contribution is -2.45.